The maximum absolute atomic E-state index is 12.8. The Morgan fingerprint density at radius 1 is 1.17 bits per heavy atom. The molecule has 2 bridgehead atoms. The summed E-state index contributed by atoms with van der Waals surface area (Å²) in [7, 11) is 1.57. The first-order valence-corrected chi connectivity index (χ1v) is 9.38. The van der Waals surface area contributed by atoms with Gasteiger partial charge < -0.3 is 15.4 Å². The van der Waals surface area contributed by atoms with Crippen LogP contribution in [0.5, 0.6) is 5.75 Å². The molecule has 2 aromatic carbocycles. The fourth-order valence-corrected chi connectivity index (χ4v) is 3.80. The van der Waals surface area contributed by atoms with Crippen LogP contribution in [-0.2, 0) is 20.0 Å². The number of hydrogen-bond donors (Lipinski definition) is 2. The van der Waals surface area contributed by atoms with Crippen molar-refractivity contribution in [2.24, 2.45) is 0 Å². The normalized spacial score (nSPS) is 24.0. The molecule has 0 saturated carbocycles. The van der Waals surface area contributed by atoms with Gasteiger partial charge in [-0.1, -0.05) is 49.4 Å². The van der Waals surface area contributed by atoms with Crippen LogP contribution in [0.2, 0.25) is 0 Å². The van der Waals surface area contributed by atoms with Crippen LogP contribution in [-0.4, -0.2) is 35.8 Å². The van der Waals surface area contributed by atoms with E-state index in [0.29, 0.717) is 5.75 Å². The summed E-state index contributed by atoms with van der Waals surface area (Å²) in [6, 6.07) is 15.5. The predicted octanol–water partition coefficient (Wildman–Crippen LogP) is 1.76. The zero-order valence-electron chi connectivity index (χ0n) is 16.1. The molecule has 148 valence electrons. The number of benzene rings is 2. The van der Waals surface area contributed by atoms with Crippen LogP contribution in [0.15, 0.2) is 60.3 Å². The predicted molar refractivity (Wildman–Crippen MR) is 106 cm³/mol. The number of nitrogens with one attached hydrogen (secondary N) is 2. The van der Waals surface area contributed by atoms with Crippen LogP contribution in [0.4, 0.5) is 0 Å². The smallest absolute Gasteiger partial charge is 0.268 e. The van der Waals surface area contributed by atoms with Gasteiger partial charge in [-0.05, 0) is 23.8 Å². The average molecular weight is 391 g/mol. The zero-order chi connectivity index (χ0) is 20.6. The van der Waals surface area contributed by atoms with E-state index in [0.717, 1.165) is 11.1 Å². The maximum atomic E-state index is 12.8. The third-order valence-electron chi connectivity index (χ3n) is 5.27. The Balaban J connectivity index is 1.81. The van der Waals surface area contributed by atoms with E-state index in [2.05, 4.69) is 10.6 Å². The van der Waals surface area contributed by atoms with E-state index in [1.54, 1.807) is 44.4 Å². The van der Waals surface area contributed by atoms with Crippen molar-refractivity contribution in [1.29, 1.82) is 0 Å². The molecule has 0 aliphatic carbocycles. The lowest BCUT2D eigenvalue weighted by Gasteiger charge is -2.60. The van der Waals surface area contributed by atoms with Crippen molar-refractivity contribution in [3.05, 3.63) is 71.4 Å². The number of carbonyl (C=O) groups is 3. The molecule has 0 radical (unpaired) electrons. The van der Waals surface area contributed by atoms with E-state index >= 15 is 0 Å². The first-order chi connectivity index (χ1) is 14.0. The van der Waals surface area contributed by atoms with E-state index < -0.39 is 11.7 Å². The van der Waals surface area contributed by atoms with Gasteiger partial charge in [0.1, 0.15) is 11.4 Å². The van der Waals surface area contributed by atoms with Crippen LogP contribution in [0, 0.1) is 0 Å². The van der Waals surface area contributed by atoms with Gasteiger partial charge in [0.15, 0.2) is 11.7 Å². The van der Waals surface area contributed by atoms with Crippen LogP contribution in [0.25, 0.3) is 6.08 Å². The van der Waals surface area contributed by atoms with Gasteiger partial charge in [-0.25, -0.2) is 0 Å². The van der Waals surface area contributed by atoms with E-state index in [-0.39, 0.29) is 29.8 Å². The van der Waals surface area contributed by atoms with Crippen molar-refractivity contribution in [3.63, 3.8) is 0 Å². The Kier molecular flexibility index (Phi) is 4.58. The molecular weight excluding hydrogens is 370 g/mol. The highest BCUT2D eigenvalue weighted by molar-refractivity contribution is 6.12. The molecule has 0 aromatic heterocycles. The number of fused-ring (bicyclic) bond motifs is 2. The number of piperazine rings is 2. The SMILES string of the molecule is CCC(=O)NC1(c2ccccc2)C2NC(=O)/C(=C/c3ccc(OC)cc3)N1C2=O. The van der Waals surface area contributed by atoms with Crippen LogP contribution >= 0.6 is 0 Å². The molecule has 7 nitrogen and oxygen atoms in total. The van der Waals surface area contributed by atoms with E-state index in [1.165, 1.54) is 4.90 Å². The highest BCUT2D eigenvalue weighted by Crippen LogP contribution is 2.46. The van der Waals surface area contributed by atoms with Gasteiger partial charge in [0.05, 0.1) is 7.11 Å². The lowest BCUT2D eigenvalue weighted by atomic mass is 9.77. The van der Waals surface area contributed by atoms with Gasteiger partial charge in [-0.2, -0.15) is 0 Å². The van der Waals surface area contributed by atoms with Gasteiger partial charge in [-0.15, -0.1) is 0 Å². The van der Waals surface area contributed by atoms with Crippen molar-refractivity contribution < 1.29 is 19.1 Å². The number of β-lactam (4-membered cyclic amide) rings is 1. The Morgan fingerprint density at radius 3 is 2.48 bits per heavy atom. The molecule has 2 aromatic rings. The summed E-state index contributed by atoms with van der Waals surface area (Å²) in [5, 5.41) is 5.74. The topological polar surface area (TPSA) is 87.7 Å². The molecule has 7 heteroatoms. The second-order valence-electron chi connectivity index (χ2n) is 6.92. The standard InChI is InChI=1S/C22H21N3O4/c1-3-18(26)24-22(15-7-5-4-6-8-15)19-21(28)25(22)17(20(27)23-19)13-14-9-11-16(29-2)12-10-14/h4-13,19H,3H2,1-2H3,(H,23,27)(H,24,26)/b17-13-. The Hall–Kier alpha value is -3.61. The van der Waals surface area contributed by atoms with Crippen LogP contribution in [0.3, 0.4) is 0 Å². The minimum atomic E-state index is -1.14. The van der Waals surface area contributed by atoms with Crippen molar-refractivity contribution in [2.75, 3.05) is 7.11 Å². The van der Waals surface area contributed by atoms with Gasteiger partial charge in [0.2, 0.25) is 5.91 Å². The summed E-state index contributed by atoms with van der Waals surface area (Å²) in [5.74, 6) is -0.141. The molecule has 2 heterocycles. The van der Waals surface area contributed by atoms with Gasteiger partial charge in [-0.3, -0.25) is 19.3 Å². The van der Waals surface area contributed by atoms with Gasteiger partial charge in [0.25, 0.3) is 11.8 Å². The number of amides is 3. The maximum Gasteiger partial charge on any atom is 0.268 e. The summed E-state index contributed by atoms with van der Waals surface area (Å²) < 4.78 is 5.16. The first-order valence-electron chi connectivity index (χ1n) is 9.38. The molecule has 2 aliphatic heterocycles. The molecule has 2 saturated heterocycles. The number of rotatable bonds is 5. The largest absolute Gasteiger partial charge is 0.497 e. The number of nitrogens with zero attached hydrogens (tertiary/aromatic N) is 1. The number of hydrogen-bond acceptors (Lipinski definition) is 4. The molecule has 2 N–H and O–H groups in total. The Morgan fingerprint density at radius 2 is 1.86 bits per heavy atom. The second kappa shape index (κ2) is 7.09. The van der Waals surface area contributed by atoms with E-state index in [9.17, 15) is 14.4 Å². The number of carbonyl (C=O) groups excluding carboxylic acids is 3. The van der Waals surface area contributed by atoms with Crippen molar-refractivity contribution in [2.45, 2.75) is 25.0 Å². The third-order valence-corrected chi connectivity index (χ3v) is 5.27. The van der Waals surface area contributed by atoms with Gasteiger partial charge in [0, 0.05) is 12.0 Å². The first kappa shape index (κ1) is 18.7. The van der Waals surface area contributed by atoms with Gasteiger partial charge >= 0.3 is 0 Å². The molecule has 2 unspecified atom stereocenters. The Labute approximate surface area is 168 Å². The molecular formula is C22H21N3O4. The van der Waals surface area contributed by atoms with Crippen LogP contribution in [0.1, 0.15) is 24.5 Å². The van der Waals surface area contributed by atoms with Crippen molar-refractivity contribution in [1.82, 2.24) is 15.5 Å². The summed E-state index contributed by atoms with van der Waals surface area (Å²) in [5.41, 5.74) is 0.505. The van der Waals surface area contributed by atoms with Crippen molar-refractivity contribution >= 4 is 23.8 Å². The molecule has 2 atom stereocenters. The molecule has 29 heavy (non-hydrogen) atoms. The second-order valence-corrected chi connectivity index (χ2v) is 6.92. The molecule has 2 aliphatic rings. The highest BCUT2D eigenvalue weighted by Gasteiger charge is 2.67. The summed E-state index contributed by atoms with van der Waals surface area (Å²) in [6.07, 6.45) is 1.90. The number of methoxy groups -OCH3 is 1. The lowest BCUT2D eigenvalue weighted by molar-refractivity contribution is -0.176. The van der Waals surface area contributed by atoms with Crippen molar-refractivity contribution in [3.8, 4) is 5.75 Å². The zero-order valence-corrected chi connectivity index (χ0v) is 16.1. The quantitative estimate of drug-likeness (QED) is 0.601. The van der Waals surface area contributed by atoms with E-state index in [1.807, 2.05) is 30.3 Å². The average Bonchev–Trinajstić information content (AvgIpc) is 2.76. The Bertz CT molecular complexity index is 1000. The molecule has 2 fully saturated rings. The molecule has 3 amide bonds. The highest BCUT2D eigenvalue weighted by atomic mass is 16.5. The summed E-state index contributed by atoms with van der Waals surface area (Å²) in [6.45, 7) is 1.74. The molecule has 0 spiro atoms. The monoisotopic (exact) mass is 391 g/mol. The summed E-state index contributed by atoms with van der Waals surface area (Å²) >= 11 is 0. The molecule has 4 rings (SSSR count). The van der Waals surface area contributed by atoms with E-state index in [4.69, 9.17) is 4.74 Å². The summed E-state index contributed by atoms with van der Waals surface area (Å²) in [4.78, 5) is 39.3. The number of ether oxygens (including phenoxy) is 1. The lowest BCUT2D eigenvalue weighted by Crippen LogP contribution is -2.86. The fourth-order valence-electron chi connectivity index (χ4n) is 3.80. The minimum Gasteiger partial charge on any atom is -0.497 e. The third kappa shape index (κ3) is 2.86. The van der Waals surface area contributed by atoms with Crippen LogP contribution < -0.4 is 15.4 Å². The fraction of sp³-hybridized carbons (Fsp3) is 0.227. The minimum absolute atomic E-state index is 0.183.